The topological polar surface area (TPSA) is 66.4 Å². The molecule has 0 saturated heterocycles. The van der Waals surface area contributed by atoms with Crippen LogP contribution in [0.3, 0.4) is 0 Å². The van der Waals surface area contributed by atoms with Crippen LogP contribution in [-0.4, -0.2) is 17.0 Å². The first-order chi connectivity index (χ1) is 9.90. The van der Waals surface area contributed by atoms with Gasteiger partial charge in [-0.15, -0.1) is 0 Å². The Morgan fingerprint density at radius 2 is 1.90 bits per heavy atom. The van der Waals surface area contributed by atoms with Crippen molar-refractivity contribution in [3.8, 4) is 0 Å². The number of rotatable bonds is 4. The highest BCUT2D eigenvalue weighted by atomic mass is 79.9. The molecule has 5 heteroatoms. The average Bonchev–Trinajstić information content (AvgIpc) is 2.81. The number of halogens is 1. The lowest BCUT2D eigenvalue weighted by Crippen LogP contribution is -2.36. The molecule has 4 nitrogen and oxygen atoms in total. The molecule has 4 atom stereocenters. The maximum Gasteiger partial charge on any atom is 0.307 e. The molecule has 1 aromatic rings. The molecule has 1 aliphatic carbocycles. The van der Waals surface area contributed by atoms with E-state index in [9.17, 15) is 14.7 Å². The van der Waals surface area contributed by atoms with Crippen LogP contribution in [0.4, 0.5) is 0 Å². The third-order valence-electron chi connectivity index (χ3n) is 4.18. The first-order valence-electron chi connectivity index (χ1n) is 7.17. The molecule has 0 radical (unpaired) electrons. The molecule has 0 spiro atoms. The van der Waals surface area contributed by atoms with Gasteiger partial charge in [-0.05, 0) is 37.3 Å². The van der Waals surface area contributed by atoms with E-state index in [0.29, 0.717) is 12.8 Å². The second-order valence-electron chi connectivity index (χ2n) is 5.88. The van der Waals surface area contributed by atoms with Crippen molar-refractivity contribution in [1.29, 1.82) is 0 Å². The average molecular weight is 354 g/mol. The number of aliphatic carboxylic acids is 1. The molecule has 21 heavy (non-hydrogen) atoms. The van der Waals surface area contributed by atoms with Gasteiger partial charge >= 0.3 is 5.97 Å². The predicted octanol–water partition coefficient (Wildman–Crippen LogP) is 3.37. The molecule has 2 rings (SSSR count). The van der Waals surface area contributed by atoms with Crippen molar-refractivity contribution in [2.24, 2.45) is 17.8 Å². The molecule has 0 bridgehead atoms. The fraction of sp³-hybridized carbons (Fsp3) is 0.500. The van der Waals surface area contributed by atoms with E-state index in [1.165, 1.54) is 0 Å². The minimum Gasteiger partial charge on any atom is -0.481 e. The smallest absolute Gasteiger partial charge is 0.307 e. The zero-order chi connectivity index (χ0) is 15.6. The van der Waals surface area contributed by atoms with Crippen molar-refractivity contribution < 1.29 is 14.7 Å². The van der Waals surface area contributed by atoms with Gasteiger partial charge in [-0.3, -0.25) is 9.59 Å². The SMILES string of the molecule is CC1C[C@H](C(=O)NC(C)c2ccccc2Br)[C@H](C(=O)O)C1. The summed E-state index contributed by atoms with van der Waals surface area (Å²) in [6.07, 6.45) is 1.22. The number of carboxylic acids is 1. The molecule has 0 heterocycles. The highest BCUT2D eigenvalue weighted by Crippen LogP contribution is 2.37. The lowest BCUT2D eigenvalue weighted by atomic mass is 9.94. The van der Waals surface area contributed by atoms with Gasteiger partial charge in [0.1, 0.15) is 0 Å². The maximum atomic E-state index is 12.4. The van der Waals surface area contributed by atoms with E-state index in [1.807, 2.05) is 38.1 Å². The highest BCUT2D eigenvalue weighted by Gasteiger charge is 2.41. The largest absolute Gasteiger partial charge is 0.481 e. The van der Waals surface area contributed by atoms with Crippen LogP contribution in [0.25, 0.3) is 0 Å². The van der Waals surface area contributed by atoms with Crippen LogP contribution in [-0.2, 0) is 9.59 Å². The summed E-state index contributed by atoms with van der Waals surface area (Å²) in [6.45, 7) is 3.91. The number of carbonyl (C=O) groups excluding carboxylic acids is 1. The fourth-order valence-electron chi connectivity index (χ4n) is 3.08. The van der Waals surface area contributed by atoms with E-state index in [2.05, 4.69) is 21.2 Å². The van der Waals surface area contributed by atoms with Gasteiger partial charge in [-0.2, -0.15) is 0 Å². The standard InChI is InChI=1S/C16H20BrNO3/c1-9-7-12(13(8-9)16(20)21)15(19)18-10(2)11-5-3-4-6-14(11)17/h3-6,9-10,12-13H,7-8H2,1-2H3,(H,18,19)(H,20,21)/t9?,10?,12-,13+/m0/s1. The van der Waals surface area contributed by atoms with Crippen LogP contribution in [0.5, 0.6) is 0 Å². The zero-order valence-electron chi connectivity index (χ0n) is 12.2. The van der Waals surface area contributed by atoms with Crippen LogP contribution in [0.2, 0.25) is 0 Å². The number of amides is 1. The third-order valence-corrected chi connectivity index (χ3v) is 4.90. The quantitative estimate of drug-likeness (QED) is 0.871. The summed E-state index contributed by atoms with van der Waals surface area (Å²) in [7, 11) is 0. The Morgan fingerprint density at radius 3 is 2.52 bits per heavy atom. The second kappa shape index (κ2) is 6.60. The second-order valence-corrected chi connectivity index (χ2v) is 6.73. The van der Waals surface area contributed by atoms with Gasteiger partial charge in [-0.25, -0.2) is 0 Å². The summed E-state index contributed by atoms with van der Waals surface area (Å²) in [6, 6.07) is 7.55. The van der Waals surface area contributed by atoms with Crippen LogP contribution < -0.4 is 5.32 Å². The molecule has 114 valence electrons. The summed E-state index contributed by atoms with van der Waals surface area (Å²) < 4.78 is 0.937. The van der Waals surface area contributed by atoms with Crippen molar-refractivity contribution >= 4 is 27.8 Å². The van der Waals surface area contributed by atoms with Gasteiger partial charge in [0, 0.05) is 4.47 Å². The molecule has 1 saturated carbocycles. The van der Waals surface area contributed by atoms with Gasteiger partial charge in [0.25, 0.3) is 0 Å². The molecule has 2 N–H and O–H groups in total. The van der Waals surface area contributed by atoms with E-state index < -0.39 is 17.8 Å². The minimum absolute atomic E-state index is 0.154. The molecule has 1 amide bonds. The van der Waals surface area contributed by atoms with Crippen molar-refractivity contribution in [3.05, 3.63) is 34.3 Å². The normalized spacial score (nSPS) is 26.3. The number of carbonyl (C=O) groups is 2. The predicted molar refractivity (Wildman–Crippen MR) is 83.7 cm³/mol. The Labute approximate surface area is 133 Å². The van der Waals surface area contributed by atoms with Crippen LogP contribution in [0.15, 0.2) is 28.7 Å². The number of nitrogens with one attached hydrogen (secondary N) is 1. The molecular weight excluding hydrogens is 334 g/mol. The van der Waals surface area contributed by atoms with Crippen molar-refractivity contribution in [2.45, 2.75) is 32.7 Å². The summed E-state index contributed by atoms with van der Waals surface area (Å²) in [5.74, 6) is -1.74. The van der Waals surface area contributed by atoms with E-state index in [0.717, 1.165) is 10.0 Å². The Balaban J connectivity index is 2.07. The van der Waals surface area contributed by atoms with E-state index >= 15 is 0 Å². The van der Waals surface area contributed by atoms with Gasteiger partial charge < -0.3 is 10.4 Å². The molecule has 1 aliphatic rings. The van der Waals surface area contributed by atoms with Crippen molar-refractivity contribution in [1.82, 2.24) is 5.32 Å². The van der Waals surface area contributed by atoms with Gasteiger partial charge in [0.2, 0.25) is 5.91 Å². The van der Waals surface area contributed by atoms with Crippen LogP contribution >= 0.6 is 15.9 Å². The van der Waals surface area contributed by atoms with Gasteiger partial charge in [0.15, 0.2) is 0 Å². The van der Waals surface area contributed by atoms with E-state index in [-0.39, 0.29) is 17.9 Å². The zero-order valence-corrected chi connectivity index (χ0v) is 13.8. The van der Waals surface area contributed by atoms with Crippen LogP contribution in [0.1, 0.15) is 38.3 Å². The summed E-state index contributed by atoms with van der Waals surface area (Å²) in [4.78, 5) is 23.7. The summed E-state index contributed by atoms with van der Waals surface area (Å²) in [5.41, 5.74) is 0.990. The molecule has 1 fully saturated rings. The third kappa shape index (κ3) is 3.64. The van der Waals surface area contributed by atoms with E-state index in [1.54, 1.807) is 0 Å². The van der Waals surface area contributed by atoms with E-state index in [4.69, 9.17) is 0 Å². The van der Waals surface area contributed by atoms with Gasteiger partial charge in [0.05, 0.1) is 17.9 Å². The fourth-order valence-corrected chi connectivity index (χ4v) is 3.71. The molecule has 0 aromatic heterocycles. The Morgan fingerprint density at radius 1 is 1.29 bits per heavy atom. The first-order valence-corrected chi connectivity index (χ1v) is 7.97. The number of hydrogen-bond acceptors (Lipinski definition) is 2. The maximum absolute atomic E-state index is 12.4. The van der Waals surface area contributed by atoms with Crippen molar-refractivity contribution in [2.75, 3.05) is 0 Å². The number of carboxylic acid groups (broad SMARTS) is 1. The number of benzene rings is 1. The summed E-state index contributed by atoms with van der Waals surface area (Å²) in [5, 5.41) is 12.2. The molecule has 1 aromatic carbocycles. The molecule has 0 aliphatic heterocycles. The minimum atomic E-state index is -0.868. The highest BCUT2D eigenvalue weighted by molar-refractivity contribution is 9.10. The molecule has 2 unspecified atom stereocenters. The lowest BCUT2D eigenvalue weighted by Gasteiger charge is -2.20. The summed E-state index contributed by atoms with van der Waals surface area (Å²) >= 11 is 3.47. The Kier molecular flexibility index (Phi) is 5.04. The lowest BCUT2D eigenvalue weighted by molar-refractivity contribution is -0.146. The first kappa shape index (κ1) is 16.0. The van der Waals surface area contributed by atoms with Gasteiger partial charge in [-0.1, -0.05) is 41.1 Å². The van der Waals surface area contributed by atoms with Crippen LogP contribution in [0, 0.1) is 17.8 Å². The Hall–Kier alpha value is -1.36. The number of hydrogen-bond donors (Lipinski definition) is 2. The monoisotopic (exact) mass is 353 g/mol. The van der Waals surface area contributed by atoms with Crippen molar-refractivity contribution in [3.63, 3.8) is 0 Å². The molecular formula is C16H20BrNO3. The Bertz CT molecular complexity index is 546.